The van der Waals surface area contributed by atoms with E-state index in [4.69, 9.17) is 4.74 Å². The number of fused-ring (bicyclic) bond motifs is 1. The second-order valence-corrected chi connectivity index (χ2v) is 8.05. The number of carbonyl (C=O) groups excluding carboxylic acids is 2. The molecule has 0 saturated carbocycles. The van der Waals surface area contributed by atoms with Crippen molar-refractivity contribution >= 4 is 44.9 Å². The van der Waals surface area contributed by atoms with E-state index in [0.717, 1.165) is 15.2 Å². The molecule has 3 amide bonds. The molecular weight excluding hydrogens is 424 g/mol. The van der Waals surface area contributed by atoms with Crippen LogP contribution in [0.25, 0.3) is 10.2 Å². The number of nitrogens with one attached hydrogen (secondary N) is 3. The number of urea groups is 1. The zero-order chi connectivity index (χ0) is 22.3. The average Bonchev–Trinajstić information content (AvgIpc) is 3.22. The number of ether oxygens (including phenoxy) is 1. The molecule has 7 nitrogen and oxygen atoms in total. The lowest BCUT2D eigenvalue weighted by Crippen LogP contribution is -2.30. The molecule has 8 heteroatoms. The molecule has 0 radical (unpaired) electrons. The molecule has 0 aliphatic rings. The first kappa shape index (κ1) is 21.3. The van der Waals surface area contributed by atoms with E-state index in [-0.39, 0.29) is 11.9 Å². The normalized spacial score (nSPS) is 10.5. The first-order valence-electron chi connectivity index (χ1n) is 10.1. The summed E-state index contributed by atoms with van der Waals surface area (Å²) in [6.07, 6.45) is 0.662. The van der Waals surface area contributed by atoms with Crippen molar-refractivity contribution in [2.45, 2.75) is 6.42 Å². The third-order valence-electron chi connectivity index (χ3n) is 4.72. The lowest BCUT2D eigenvalue weighted by molar-refractivity contribution is 0.102. The van der Waals surface area contributed by atoms with Crippen LogP contribution in [0.15, 0.2) is 72.8 Å². The Kier molecular flexibility index (Phi) is 6.62. The number of benzene rings is 3. The molecule has 1 heterocycles. The van der Waals surface area contributed by atoms with Crippen LogP contribution in [0.5, 0.6) is 5.75 Å². The molecule has 0 aliphatic carbocycles. The van der Waals surface area contributed by atoms with Gasteiger partial charge in [0.2, 0.25) is 0 Å². The fourth-order valence-corrected chi connectivity index (χ4v) is 4.10. The van der Waals surface area contributed by atoms with Gasteiger partial charge < -0.3 is 20.7 Å². The minimum atomic E-state index is -0.308. The van der Waals surface area contributed by atoms with Crippen molar-refractivity contribution < 1.29 is 14.3 Å². The van der Waals surface area contributed by atoms with E-state index < -0.39 is 0 Å². The van der Waals surface area contributed by atoms with Gasteiger partial charge in [-0.25, -0.2) is 9.78 Å². The molecule has 1 aromatic heterocycles. The summed E-state index contributed by atoms with van der Waals surface area (Å²) in [5.74, 6) is 0.322. The third kappa shape index (κ3) is 5.22. The number of carbonyl (C=O) groups is 2. The molecule has 0 aliphatic heterocycles. The summed E-state index contributed by atoms with van der Waals surface area (Å²) >= 11 is 1.63. The summed E-state index contributed by atoms with van der Waals surface area (Å²) in [6, 6.07) is 21.5. The summed E-state index contributed by atoms with van der Waals surface area (Å²) in [7, 11) is 1.55. The van der Waals surface area contributed by atoms with Crippen molar-refractivity contribution in [2.75, 3.05) is 24.3 Å². The van der Waals surface area contributed by atoms with Crippen LogP contribution in [0.1, 0.15) is 15.4 Å². The third-order valence-corrected chi connectivity index (χ3v) is 5.82. The highest BCUT2D eigenvalue weighted by atomic mass is 32.1. The maximum Gasteiger partial charge on any atom is 0.319 e. The molecule has 0 bridgehead atoms. The van der Waals surface area contributed by atoms with Crippen molar-refractivity contribution in [3.05, 3.63) is 83.4 Å². The standard InChI is InChI=1S/C24H22N4O3S/c1-31-20-8-4-2-6-18(20)28-23(29)16-10-12-17(13-11-16)26-24(30)25-15-14-22-27-19-7-3-5-9-21(19)32-22/h2-13H,14-15H2,1H3,(H,28,29)(H2,25,26,30). The first-order chi connectivity index (χ1) is 15.6. The number of anilines is 2. The molecule has 4 rings (SSSR count). The molecule has 4 aromatic rings. The van der Waals surface area contributed by atoms with Crippen molar-refractivity contribution in [1.29, 1.82) is 0 Å². The van der Waals surface area contributed by atoms with Gasteiger partial charge in [0, 0.05) is 24.2 Å². The van der Waals surface area contributed by atoms with E-state index in [2.05, 4.69) is 20.9 Å². The fraction of sp³-hybridized carbons (Fsp3) is 0.125. The van der Waals surface area contributed by atoms with Gasteiger partial charge in [-0.05, 0) is 48.5 Å². The quantitative estimate of drug-likeness (QED) is 0.376. The number of methoxy groups -OCH3 is 1. The Morgan fingerprint density at radius 3 is 2.47 bits per heavy atom. The zero-order valence-corrected chi connectivity index (χ0v) is 18.2. The van der Waals surface area contributed by atoms with Crippen LogP contribution in [-0.4, -0.2) is 30.6 Å². The molecule has 0 unspecified atom stereocenters. The van der Waals surface area contributed by atoms with E-state index in [9.17, 15) is 9.59 Å². The molecule has 0 saturated heterocycles. The minimum Gasteiger partial charge on any atom is -0.495 e. The Morgan fingerprint density at radius 2 is 1.69 bits per heavy atom. The molecule has 32 heavy (non-hydrogen) atoms. The second-order valence-electron chi connectivity index (χ2n) is 6.94. The van der Waals surface area contributed by atoms with Crippen LogP contribution in [0.4, 0.5) is 16.2 Å². The average molecular weight is 447 g/mol. The second kappa shape index (κ2) is 9.93. The Balaban J connectivity index is 1.27. The van der Waals surface area contributed by atoms with Gasteiger partial charge in [0.15, 0.2) is 0 Å². The van der Waals surface area contributed by atoms with Crippen molar-refractivity contribution in [3.63, 3.8) is 0 Å². The molecule has 0 spiro atoms. The number of hydrogen-bond donors (Lipinski definition) is 3. The van der Waals surface area contributed by atoms with E-state index in [0.29, 0.717) is 35.7 Å². The van der Waals surface area contributed by atoms with Crippen LogP contribution >= 0.6 is 11.3 Å². The van der Waals surface area contributed by atoms with Crippen molar-refractivity contribution in [1.82, 2.24) is 10.3 Å². The highest BCUT2D eigenvalue weighted by Gasteiger charge is 2.10. The number of para-hydroxylation sites is 3. The predicted octanol–water partition coefficient (Wildman–Crippen LogP) is 4.92. The number of amides is 3. The number of thiazole rings is 1. The Bertz CT molecular complexity index is 1200. The Morgan fingerprint density at radius 1 is 0.938 bits per heavy atom. The van der Waals surface area contributed by atoms with E-state index in [1.165, 1.54) is 0 Å². The monoisotopic (exact) mass is 446 g/mol. The van der Waals surface area contributed by atoms with Gasteiger partial charge >= 0.3 is 6.03 Å². The van der Waals surface area contributed by atoms with Gasteiger partial charge in [0.05, 0.1) is 28.0 Å². The highest BCUT2D eigenvalue weighted by Crippen LogP contribution is 2.24. The minimum absolute atomic E-state index is 0.263. The Labute approximate surface area is 189 Å². The molecular formula is C24H22N4O3S. The summed E-state index contributed by atoms with van der Waals surface area (Å²) in [4.78, 5) is 29.2. The largest absolute Gasteiger partial charge is 0.495 e. The van der Waals surface area contributed by atoms with Crippen LogP contribution in [0.3, 0.4) is 0 Å². The molecule has 3 N–H and O–H groups in total. The molecule has 3 aromatic carbocycles. The van der Waals surface area contributed by atoms with Gasteiger partial charge in [0.1, 0.15) is 5.75 Å². The van der Waals surface area contributed by atoms with Gasteiger partial charge in [-0.15, -0.1) is 11.3 Å². The van der Waals surface area contributed by atoms with Crippen LogP contribution in [0.2, 0.25) is 0 Å². The molecule has 0 fully saturated rings. The van der Waals surface area contributed by atoms with Gasteiger partial charge in [0.25, 0.3) is 5.91 Å². The smallest absolute Gasteiger partial charge is 0.319 e. The summed E-state index contributed by atoms with van der Waals surface area (Å²) in [5, 5.41) is 9.41. The number of hydrogen-bond acceptors (Lipinski definition) is 5. The summed E-state index contributed by atoms with van der Waals surface area (Å²) in [6.45, 7) is 0.477. The highest BCUT2D eigenvalue weighted by molar-refractivity contribution is 7.18. The number of aromatic nitrogens is 1. The summed E-state index contributed by atoms with van der Waals surface area (Å²) < 4.78 is 6.39. The number of nitrogens with zero attached hydrogens (tertiary/aromatic N) is 1. The summed E-state index contributed by atoms with van der Waals surface area (Å²) in [5.41, 5.74) is 2.63. The first-order valence-corrected chi connectivity index (χ1v) is 10.9. The van der Waals surface area contributed by atoms with Crippen LogP contribution < -0.4 is 20.7 Å². The predicted molar refractivity (Wildman–Crippen MR) is 128 cm³/mol. The van der Waals surface area contributed by atoms with Crippen LogP contribution in [-0.2, 0) is 6.42 Å². The van der Waals surface area contributed by atoms with Crippen LogP contribution in [0, 0.1) is 0 Å². The lowest BCUT2D eigenvalue weighted by atomic mass is 10.2. The topological polar surface area (TPSA) is 92.4 Å². The van der Waals surface area contributed by atoms with E-state index in [1.54, 1.807) is 54.8 Å². The van der Waals surface area contributed by atoms with E-state index in [1.807, 2.05) is 36.4 Å². The van der Waals surface area contributed by atoms with Crippen molar-refractivity contribution in [2.24, 2.45) is 0 Å². The SMILES string of the molecule is COc1ccccc1NC(=O)c1ccc(NC(=O)NCCc2nc3ccccc3s2)cc1. The Hall–Kier alpha value is -3.91. The number of rotatable bonds is 7. The van der Waals surface area contributed by atoms with Gasteiger partial charge in [-0.1, -0.05) is 24.3 Å². The fourth-order valence-electron chi connectivity index (χ4n) is 3.13. The maximum absolute atomic E-state index is 12.5. The van der Waals surface area contributed by atoms with Gasteiger partial charge in [-0.3, -0.25) is 4.79 Å². The maximum atomic E-state index is 12.5. The zero-order valence-electron chi connectivity index (χ0n) is 17.4. The van der Waals surface area contributed by atoms with Gasteiger partial charge in [-0.2, -0.15) is 0 Å². The molecule has 0 atom stereocenters. The van der Waals surface area contributed by atoms with Crippen molar-refractivity contribution in [3.8, 4) is 5.75 Å². The molecule has 162 valence electrons. The van der Waals surface area contributed by atoms with E-state index >= 15 is 0 Å². The lowest BCUT2D eigenvalue weighted by Gasteiger charge is -2.10.